The lowest BCUT2D eigenvalue weighted by Crippen LogP contribution is -2.43. The molecule has 27 heavy (non-hydrogen) atoms. The molecule has 2 aromatic carbocycles. The van der Waals surface area contributed by atoms with Gasteiger partial charge in [0, 0.05) is 23.6 Å². The molecule has 1 aliphatic rings. The minimum Gasteiger partial charge on any atom is -0.497 e. The number of amides is 3. The second kappa shape index (κ2) is 9.14. The average Bonchev–Trinajstić information content (AvgIpc) is 2.63. The Morgan fingerprint density at radius 1 is 1.19 bits per heavy atom. The molecule has 3 rings (SSSR count). The zero-order chi connectivity index (χ0) is 18.5. The fourth-order valence-corrected chi connectivity index (χ4v) is 3.07. The fraction of sp³-hybridized carbons (Fsp3) is 0.263. The Balaban J connectivity index is 0.00000261. The molecule has 144 valence electrons. The number of carbonyl (C=O) groups excluding carboxylic acids is 2. The molecular formula is C19H23ClN4O3. The van der Waals surface area contributed by atoms with E-state index in [9.17, 15) is 9.59 Å². The number of fused-ring (bicyclic) bond motifs is 1. The lowest BCUT2D eigenvalue weighted by Gasteiger charge is -2.31. The number of halogens is 1. The topological polar surface area (TPSA) is 96.7 Å². The summed E-state index contributed by atoms with van der Waals surface area (Å²) in [5.74, 6) is 0.321. The van der Waals surface area contributed by atoms with Crippen LogP contribution in [0.25, 0.3) is 0 Å². The van der Waals surface area contributed by atoms with Crippen molar-refractivity contribution >= 4 is 41.4 Å². The summed E-state index contributed by atoms with van der Waals surface area (Å²) < 4.78 is 5.06. The minimum absolute atomic E-state index is 0. The lowest BCUT2D eigenvalue weighted by atomic mass is 10.00. The number of nitrogen functional groups attached to an aromatic ring is 1. The third kappa shape index (κ3) is 5.04. The molecule has 4 N–H and O–H groups in total. The van der Waals surface area contributed by atoms with Gasteiger partial charge < -0.3 is 20.7 Å². The summed E-state index contributed by atoms with van der Waals surface area (Å²) in [5, 5.41) is 4.98. The van der Waals surface area contributed by atoms with Crippen LogP contribution in [0.4, 0.5) is 21.9 Å². The molecule has 0 saturated heterocycles. The molecule has 2 aromatic rings. The van der Waals surface area contributed by atoms with Crippen molar-refractivity contribution in [2.24, 2.45) is 0 Å². The highest BCUT2D eigenvalue weighted by Gasteiger charge is 2.21. The number of nitrogens with two attached hydrogens (primary N) is 1. The third-order valence-corrected chi connectivity index (χ3v) is 4.32. The molecule has 0 radical (unpaired) electrons. The Morgan fingerprint density at radius 3 is 2.63 bits per heavy atom. The van der Waals surface area contributed by atoms with Gasteiger partial charge in [-0.05, 0) is 54.8 Å². The number of benzene rings is 2. The molecule has 0 saturated carbocycles. The van der Waals surface area contributed by atoms with E-state index in [4.69, 9.17) is 10.5 Å². The first-order valence-electron chi connectivity index (χ1n) is 8.44. The molecule has 0 fully saturated rings. The monoisotopic (exact) mass is 390 g/mol. The zero-order valence-electron chi connectivity index (χ0n) is 15.0. The van der Waals surface area contributed by atoms with Crippen LogP contribution in [0.15, 0.2) is 42.5 Å². The van der Waals surface area contributed by atoms with Crippen molar-refractivity contribution in [2.45, 2.75) is 12.8 Å². The smallest absolute Gasteiger partial charge is 0.325 e. The summed E-state index contributed by atoms with van der Waals surface area (Å²) in [6.07, 6.45) is 1.82. The predicted molar refractivity (Wildman–Crippen MR) is 109 cm³/mol. The largest absolute Gasteiger partial charge is 0.497 e. The van der Waals surface area contributed by atoms with Crippen LogP contribution in [0.1, 0.15) is 12.0 Å². The molecule has 1 aliphatic heterocycles. The Hall–Kier alpha value is -2.93. The van der Waals surface area contributed by atoms with Crippen LogP contribution in [0.2, 0.25) is 0 Å². The number of anilines is 3. The quantitative estimate of drug-likeness (QED) is 0.697. The van der Waals surface area contributed by atoms with E-state index in [0.717, 1.165) is 36.3 Å². The van der Waals surface area contributed by atoms with Gasteiger partial charge >= 0.3 is 6.03 Å². The summed E-state index contributed by atoms with van der Waals surface area (Å²) in [4.78, 5) is 26.2. The van der Waals surface area contributed by atoms with E-state index in [-0.39, 0.29) is 24.9 Å². The van der Waals surface area contributed by atoms with Crippen molar-refractivity contribution in [1.82, 2.24) is 5.32 Å². The van der Waals surface area contributed by atoms with Crippen molar-refractivity contribution in [2.75, 3.05) is 36.1 Å². The minimum atomic E-state index is -0.565. The highest BCUT2D eigenvalue weighted by Crippen LogP contribution is 2.30. The van der Waals surface area contributed by atoms with E-state index in [0.29, 0.717) is 11.4 Å². The van der Waals surface area contributed by atoms with Gasteiger partial charge in [0.2, 0.25) is 5.91 Å². The first kappa shape index (κ1) is 20.4. The van der Waals surface area contributed by atoms with Gasteiger partial charge in [-0.3, -0.25) is 10.1 Å². The van der Waals surface area contributed by atoms with Gasteiger partial charge in [0.1, 0.15) is 5.75 Å². The standard InChI is InChI=1S/C19H22N4O3.ClH/c1-26-14-9-7-13(8-10-14)21-19(25)22-18(24)12-23-11-3-4-15-16(20)5-2-6-17(15)23;/h2,5-10H,3-4,11-12,20H2,1H3,(H2,21,22,24,25);1H. The van der Waals surface area contributed by atoms with E-state index >= 15 is 0 Å². The van der Waals surface area contributed by atoms with Gasteiger partial charge in [-0.1, -0.05) is 6.07 Å². The van der Waals surface area contributed by atoms with Crippen molar-refractivity contribution < 1.29 is 14.3 Å². The SMILES string of the molecule is COc1ccc(NC(=O)NC(=O)CN2CCCc3c(N)cccc32)cc1.Cl. The maximum Gasteiger partial charge on any atom is 0.325 e. The van der Waals surface area contributed by atoms with Gasteiger partial charge in [0.25, 0.3) is 0 Å². The van der Waals surface area contributed by atoms with E-state index in [1.54, 1.807) is 31.4 Å². The maximum atomic E-state index is 12.2. The van der Waals surface area contributed by atoms with Crippen LogP contribution < -0.4 is 26.0 Å². The Kier molecular flexibility index (Phi) is 6.90. The third-order valence-electron chi connectivity index (χ3n) is 4.32. The fourth-order valence-electron chi connectivity index (χ4n) is 3.07. The van der Waals surface area contributed by atoms with Crippen LogP contribution in [-0.2, 0) is 11.2 Å². The van der Waals surface area contributed by atoms with Crippen LogP contribution in [0.3, 0.4) is 0 Å². The number of methoxy groups -OCH3 is 1. The summed E-state index contributed by atoms with van der Waals surface area (Å²) in [6, 6.07) is 12.0. The number of hydrogen-bond donors (Lipinski definition) is 3. The Labute approximate surface area is 164 Å². The number of carbonyl (C=O) groups is 2. The molecule has 8 heteroatoms. The molecule has 0 aliphatic carbocycles. The molecular weight excluding hydrogens is 368 g/mol. The summed E-state index contributed by atoms with van der Waals surface area (Å²) in [6.45, 7) is 0.858. The molecule has 0 bridgehead atoms. The number of nitrogens with zero attached hydrogens (tertiary/aromatic N) is 1. The van der Waals surface area contributed by atoms with E-state index < -0.39 is 6.03 Å². The van der Waals surface area contributed by atoms with Crippen molar-refractivity contribution in [3.05, 3.63) is 48.0 Å². The molecule has 7 nitrogen and oxygen atoms in total. The first-order valence-corrected chi connectivity index (χ1v) is 8.44. The van der Waals surface area contributed by atoms with Crippen LogP contribution in [-0.4, -0.2) is 32.1 Å². The second-order valence-electron chi connectivity index (χ2n) is 6.10. The summed E-state index contributed by atoms with van der Waals surface area (Å²) in [5.41, 5.74) is 9.36. The maximum absolute atomic E-state index is 12.2. The molecule has 1 heterocycles. The Morgan fingerprint density at radius 2 is 1.93 bits per heavy atom. The number of hydrogen-bond acceptors (Lipinski definition) is 5. The number of rotatable bonds is 4. The van der Waals surface area contributed by atoms with Gasteiger partial charge in [-0.15, -0.1) is 12.4 Å². The molecule has 0 atom stereocenters. The average molecular weight is 391 g/mol. The zero-order valence-corrected chi connectivity index (χ0v) is 15.8. The van der Waals surface area contributed by atoms with E-state index in [2.05, 4.69) is 10.6 Å². The van der Waals surface area contributed by atoms with Gasteiger partial charge in [-0.25, -0.2) is 4.79 Å². The van der Waals surface area contributed by atoms with E-state index in [1.165, 1.54) is 0 Å². The molecule has 0 aromatic heterocycles. The molecule has 3 amide bonds. The van der Waals surface area contributed by atoms with Gasteiger partial charge in [0.15, 0.2) is 0 Å². The van der Waals surface area contributed by atoms with Crippen molar-refractivity contribution in [1.29, 1.82) is 0 Å². The number of imide groups is 1. The summed E-state index contributed by atoms with van der Waals surface area (Å²) in [7, 11) is 1.57. The van der Waals surface area contributed by atoms with Crippen LogP contribution in [0, 0.1) is 0 Å². The first-order chi connectivity index (χ1) is 12.6. The predicted octanol–water partition coefficient (Wildman–Crippen LogP) is 2.80. The van der Waals surface area contributed by atoms with Crippen LogP contribution in [0.5, 0.6) is 5.75 Å². The van der Waals surface area contributed by atoms with Crippen molar-refractivity contribution in [3.8, 4) is 5.75 Å². The number of urea groups is 1. The van der Waals surface area contributed by atoms with Gasteiger partial charge in [0.05, 0.1) is 13.7 Å². The highest BCUT2D eigenvalue weighted by atomic mass is 35.5. The molecule has 0 spiro atoms. The normalized spacial score (nSPS) is 12.4. The number of ether oxygens (including phenoxy) is 1. The van der Waals surface area contributed by atoms with Crippen LogP contribution >= 0.6 is 12.4 Å². The van der Waals surface area contributed by atoms with Gasteiger partial charge in [-0.2, -0.15) is 0 Å². The Bertz CT molecular complexity index is 811. The summed E-state index contributed by atoms with van der Waals surface area (Å²) >= 11 is 0. The number of nitrogens with one attached hydrogen (secondary N) is 2. The van der Waals surface area contributed by atoms with Crippen molar-refractivity contribution in [3.63, 3.8) is 0 Å². The lowest BCUT2D eigenvalue weighted by molar-refractivity contribution is -0.118. The highest BCUT2D eigenvalue weighted by molar-refractivity contribution is 6.02. The second-order valence-corrected chi connectivity index (χ2v) is 6.10. The van der Waals surface area contributed by atoms with E-state index in [1.807, 2.05) is 23.1 Å². The molecule has 0 unspecified atom stereocenters.